The van der Waals surface area contributed by atoms with Gasteiger partial charge in [-0.05, 0) is 35.9 Å². The van der Waals surface area contributed by atoms with Crippen LogP contribution in [0.5, 0.6) is 5.75 Å². The van der Waals surface area contributed by atoms with Crippen molar-refractivity contribution < 1.29 is 14.3 Å². The van der Waals surface area contributed by atoms with Crippen molar-refractivity contribution in [1.29, 1.82) is 0 Å². The van der Waals surface area contributed by atoms with Crippen LogP contribution in [0.4, 0.5) is 5.69 Å². The quantitative estimate of drug-likeness (QED) is 0.884. The summed E-state index contributed by atoms with van der Waals surface area (Å²) in [5.74, 6) is 0.589. The van der Waals surface area contributed by atoms with Gasteiger partial charge in [-0.25, -0.2) is 0 Å². The molecule has 2 amide bonds. The third-order valence-corrected chi connectivity index (χ3v) is 3.97. The summed E-state index contributed by atoms with van der Waals surface area (Å²) in [6, 6.07) is 14.6. The van der Waals surface area contributed by atoms with Crippen molar-refractivity contribution >= 4 is 17.5 Å². The summed E-state index contributed by atoms with van der Waals surface area (Å²) in [5.41, 5.74) is 1.67. The smallest absolute Gasteiger partial charge is 0.253 e. The molecule has 0 aliphatic rings. The molecule has 0 bridgehead atoms. The van der Waals surface area contributed by atoms with Crippen LogP contribution in [0.1, 0.15) is 36.7 Å². The molecule has 0 saturated heterocycles. The van der Waals surface area contributed by atoms with Gasteiger partial charge in [0.05, 0.1) is 7.11 Å². The Morgan fingerprint density at radius 3 is 2.31 bits per heavy atom. The van der Waals surface area contributed by atoms with E-state index in [0.717, 1.165) is 11.3 Å². The second-order valence-corrected chi connectivity index (χ2v) is 7.29. The largest absolute Gasteiger partial charge is 0.497 e. The van der Waals surface area contributed by atoms with Crippen LogP contribution < -0.4 is 10.1 Å². The first-order valence-electron chi connectivity index (χ1n) is 8.50. The van der Waals surface area contributed by atoms with Crippen molar-refractivity contribution in [2.24, 2.45) is 5.41 Å². The topological polar surface area (TPSA) is 58.6 Å². The number of methoxy groups -OCH3 is 1. The molecule has 0 fully saturated rings. The lowest BCUT2D eigenvalue weighted by atomic mass is 9.95. The maximum absolute atomic E-state index is 12.7. The summed E-state index contributed by atoms with van der Waals surface area (Å²) in [6.45, 7) is 6.03. The third kappa shape index (κ3) is 5.09. The molecule has 0 aliphatic heterocycles. The molecule has 5 nitrogen and oxygen atoms in total. The predicted molar refractivity (Wildman–Crippen MR) is 103 cm³/mol. The zero-order valence-corrected chi connectivity index (χ0v) is 16.0. The Balaban J connectivity index is 2.08. The van der Waals surface area contributed by atoms with Crippen LogP contribution >= 0.6 is 0 Å². The Kier molecular flexibility index (Phi) is 6.03. The molecule has 0 atom stereocenters. The van der Waals surface area contributed by atoms with Crippen molar-refractivity contribution in [3.8, 4) is 5.75 Å². The minimum absolute atomic E-state index is 0.0892. The highest BCUT2D eigenvalue weighted by Gasteiger charge is 2.21. The highest BCUT2D eigenvalue weighted by atomic mass is 16.5. The number of rotatable bonds is 5. The monoisotopic (exact) mass is 354 g/mol. The van der Waals surface area contributed by atoms with E-state index in [1.54, 1.807) is 43.3 Å². The van der Waals surface area contributed by atoms with E-state index in [2.05, 4.69) is 5.32 Å². The number of ether oxygens (including phenoxy) is 1. The van der Waals surface area contributed by atoms with E-state index < -0.39 is 5.41 Å². The first-order chi connectivity index (χ1) is 12.2. The van der Waals surface area contributed by atoms with Gasteiger partial charge in [0.2, 0.25) is 5.91 Å². The molecular weight excluding hydrogens is 328 g/mol. The maximum Gasteiger partial charge on any atom is 0.253 e. The number of hydrogen-bond acceptors (Lipinski definition) is 3. The van der Waals surface area contributed by atoms with Crippen LogP contribution in [0.25, 0.3) is 0 Å². The van der Waals surface area contributed by atoms with E-state index in [1.807, 2.05) is 45.0 Å². The summed E-state index contributed by atoms with van der Waals surface area (Å²) in [4.78, 5) is 26.5. The molecule has 0 radical (unpaired) electrons. The Hall–Kier alpha value is -2.82. The van der Waals surface area contributed by atoms with Gasteiger partial charge in [0.25, 0.3) is 5.91 Å². The third-order valence-electron chi connectivity index (χ3n) is 3.97. The van der Waals surface area contributed by atoms with Gasteiger partial charge < -0.3 is 15.0 Å². The summed E-state index contributed by atoms with van der Waals surface area (Å²) in [5, 5.41) is 2.85. The van der Waals surface area contributed by atoms with E-state index >= 15 is 0 Å². The van der Waals surface area contributed by atoms with Gasteiger partial charge in [0, 0.05) is 30.3 Å². The zero-order valence-electron chi connectivity index (χ0n) is 16.0. The number of nitrogens with zero attached hydrogens (tertiary/aromatic N) is 1. The normalized spacial score (nSPS) is 11.0. The molecule has 138 valence electrons. The van der Waals surface area contributed by atoms with Gasteiger partial charge in [0.15, 0.2) is 0 Å². The number of nitrogens with one attached hydrogen (secondary N) is 1. The molecule has 1 N–H and O–H groups in total. The number of carbonyl (C=O) groups is 2. The SMILES string of the molecule is COc1ccc(CN(C)C(=O)c2cccc(NC(=O)C(C)(C)C)c2)cc1. The van der Waals surface area contributed by atoms with Gasteiger partial charge in [-0.3, -0.25) is 9.59 Å². The van der Waals surface area contributed by atoms with Crippen LogP contribution in [0.15, 0.2) is 48.5 Å². The fourth-order valence-corrected chi connectivity index (χ4v) is 2.35. The fraction of sp³-hybridized carbons (Fsp3) is 0.333. The predicted octanol–water partition coefficient (Wildman–Crippen LogP) is 3.95. The van der Waals surface area contributed by atoms with Crippen LogP contribution in [0, 0.1) is 5.41 Å². The molecule has 0 heterocycles. The highest BCUT2D eigenvalue weighted by Crippen LogP contribution is 2.19. The van der Waals surface area contributed by atoms with Crippen LogP contribution in [-0.2, 0) is 11.3 Å². The molecule has 0 saturated carbocycles. The molecule has 26 heavy (non-hydrogen) atoms. The standard InChI is InChI=1S/C21H26N2O3/c1-21(2,3)20(25)22-17-8-6-7-16(13-17)19(24)23(4)14-15-9-11-18(26-5)12-10-15/h6-13H,14H2,1-5H3,(H,22,25). The van der Waals surface area contributed by atoms with Crippen molar-refractivity contribution in [2.75, 3.05) is 19.5 Å². The fourth-order valence-electron chi connectivity index (χ4n) is 2.35. The molecular formula is C21H26N2O3. The van der Waals surface area contributed by atoms with Crippen LogP contribution in [-0.4, -0.2) is 30.9 Å². The molecule has 0 spiro atoms. The number of anilines is 1. The van der Waals surface area contributed by atoms with Gasteiger partial charge in [0.1, 0.15) is 5.75 Å². The van der Waals surface area contributed by atoms with Gasteiger partial charge in [-0.1, -0.05) is 39.0 Å². The molecule has 2 rings (SSSR count). The summed E-state index contributed by atoms with van der Waals surface area (Å²) in [7, 11) is 3.38. The van der Waals surface area contributed by atoms with Crippen molar-refractivity contribution in [3.05, 3.63) is 59.7 Å². The van der Waals surface area contributed by atoms with Crippen LogP contribution in [0.2, 0.25) is 0 Å². The van der Waals surface area contributed by atoms with E-state index in [9.17, 15) is 9.59 Å². The van der Waals surface area contributed by atoms with Crippen molar-refractivity contribution in [2.45, 2.75) is 27.3 Å². The molecule has 2 aromatic carbocycles. The number of carbonyl (C=O) groups excluding carboxylic acids is 2. The Bertz CT molecular complexity index is 777. The van der Waals surface area contributed by atoms with E-state index in [4.69, 9.17) is 4.74 Å². The van der Waals surface area contributed by atoms with E-state index in [-0.39, 0.29) is 11.8 Å². The van der Waals surface area contributed by atoms with Crippen LogP contribution in [0.3, 0.4) is 0 Å². The summed E-state index contributed by atoms with van der Waals surface area (Å²) >= 11 is 0. The molecule has 5 heteroatoms. The van der Waals surface area contributed by atoms with Gasteiger partial charge >= 0.3 is 0 Å². The highest BCUT2D eigenvalue weighted by molar-refractivity contribution is 5.98. The Morgan fingerprint density at radius 2 is 1.73 bits per heavy atom. The Labute approximate surface area is 155 Å². The molecule has 0 aromatic heterocycles. The second-order valence-electron chi connectivity index (χ2n) is 7.29. The lowest BCUT2D eigenvalue weighted by Gasteiger charge is -2.20. The average molecular weight is 354 g/mol. The maximum atomic E-state index is 12.7. The zero-order chi connectivity index (χ0) is 19.3. The molecule has 0 unspecified atom stereocenters. The van der Waals surface area contributed by atoms with E-state index in [0.29, 0.717) is 17.8 Å². The van der Waals surface area contributed by atoms with Gasteiger partial charge in [-0.2, -0.15) is 0 Å². The first-order valence-corrected chi connectivity index (χ1v) is 8.50. The van der Waals surface area contributed by atoms with Crippen molar-refractivity contribution in [3.63, 3.8) is 0 Å². The van der Waals surface area contributed by atoms with Crippen molar-refractivity contribution in [1.82, 2.24) is 4.90 Å². The first kappa shape index (κ1) is 19.5. The molecule has 2 aromatic rings. The Morgan fingerprint density at radius 1 is 1.08 bits per heavy atom. The number of hydrogen-bond donors (Lipinski definition) is 1. The summed E-state index contributed by atoms with van der Waals surface area (Å²) in [6.07, 6.45) is 0. The van der Waals surface area contributed by atoms with Gasteiger partial charge in [-0.15, -0.1) is 0 Å². The minimum Gasteiger partial charge on any atom is -0.497 e. The molecule has 0 aliphatic carbocycles. The minimum atomic E-state index is -0.495. The average Bonchev–Trinajstić information content (AvgIpc) is 2.61. The summed E-state index contributed by atoms with van der Waals surface area (Å²) < 4.78 is 5.14. The number of amides is 2. The lowest BCUT2D eigenvalue weighted by molar-refractivity contribution is -0.123. The second kappa shape index (κ2) is 8.04. The van der Waals surface area contributed by atoms with E-state index in [1.165, 1.54) is 0 Å². The number of benzene rings is 2. The lowest BCUT2D eigenvalue weighted by Crippen LogP contribution is -2.28.